The molecule has 2 fully saturated rings. The number of fused-ring (bicyclic) bond motifs is 2. The molecular formula is C27H29Cl2N3O5. The number of hydrogen-bond donors (Lipinski definition) is 0. The first kappa shape index (κ1) is 26.1. The Morgan fingerprint density at radius 2 is 1.24 bits per heavy atom. The second kappa shape index (κ2) is 11.1. The van der Waals surface area contributed by atoms with Gasteiger partial charge in [0.1, 0.15) is 0 Å². The number of allylic oxidation sites excluding steroid dienone is 4. The number of benzene rings is 1. The number of ether oxygens (including phenoxy) is 1. The van der Waals surface area contributed by atoms with Crippen molar-refractivity contribution in [3.63, 3.8) is 0 Å². The van der Waals surface area contributed by atoms with Gasteiger partial charge in [-0.05, 0) is 31.2 Å². The normalized spacial score (nSPS) is 27.5. The lowest BCUT2D eigenvalue weighted by molar-refractivity contribution is -0.145. The second-order valence-corrected chi connectivity index (χ2v) is 11.0. The van der Waals surface area contributed by atoms with E-state index in [1.165, 1.54) is 9.80 Å². The van der Waals surface area contributed by atoms with Crippen LogP contribution in [0.1, 0.15) is 31.2 Å². The number of halogens is 2. The molecule has 196 valence electrons. The number of rotatable bonds is 9. The Kier molecular flexibility index (Phi) is 7.81. The fraction of sp³-hybridized carbons (Fsp3) is 0.481. The van der Waals surface area contributed by atoms with E-state index in [1.54, 1.807) is 17.1 Å². The number of amides is 4. The first-order valence-corrected chi connectivity index (χ1v) is 13.3. The average Bonchev–Trinajstić information content (AvgIpc) is 3.26. The summed E-state index contributed by atoms with van der Waals surface area (Å²) < 4.78 is 5.83. The summed E-state index contributed by atoms with van der Waals surface area (Å²) in [4.78, 5) is 56.8. The SMILES string of the molecule is O=C1[C@H]2CC(Cl)=CC[C@H]2C(=O)N1CN(CCOCc1ccccc1)CN1C(=O)[C@H]2CC=C(Cl)C[C@H]2C1=O. The van der Waals surface area contributed by atoms with E-state index in [4.69, 9.17) is 27.9 Å². The van der Waals surface area contributed by atoms with E-state index in [2.05, 4.69) is 0 Å². The molecule has 0 bridgehead atoms. The van der Waals surface area contributed by atoms with Crippen LogP contribution in [0.25, 0.3) is 0 Å². The van der Waals surface area contributed by atoms with Gasteiger partial charge in [-0.15, -0.1) is 0 Å². The van der Waals surface area contributed by atoms with Crippen molar-refractivity contribution in [2.24, 2.45) is 23.7 Å². The van der Waals surface area contributed by atoms with E-state index in [1.807, 2.05) is 30.3 Å². The Balaban J connectivity index is 1.28. The van der Waals surface area contributed by atoms with Gasteiger partial charge in [-0.1, -0.05) is 65.7 Å². The molecule has 0 aromatic heterocycles. The highest BCUT2D eigenvalue weighted by Gasteiger charge is 2.51. The Hall–Kier alpha value is -2.52. The van der Waals surface area contributed by atoms with Gasteiger partial charge in [0.2, 0.25) is 23.6 Å². The maximum absolute atomic E-state index is 13.1. The molecule has 2 aliphatic carbocycles. The molecule has 4 aliphatic rings. The molecule has 1 aromatic rings. The van der Waals surface area contributed by atoms with Gasteiger partial charge in [0.05, 0.1) is 50.2 Å². The quantitative estimate of drug-likeness (QED) is 0.349. The number of imide groups is 2. The highest BCUT2D eigenvalue weighted by Crippen LogP contribution is 2.40. The fourth-order valence-corrected chi connectivity index (χ4v) is 6.13. The smallest absolute Gasteiger partial charge is 0.234 e. The van der Waals surface area contributed by atoms with E-state index in [0.29, 0.717) is 55.5 Å². The van der Waals surface area contributed by atoms with Crippen molar-refractivity contribution < 1.29 is 23.9 Å². The van der Waals surface area contributed by atoms with Crippen LogP contribution in [0.2, 0.25) is 0 Å². The topological polar surface area (TPSA) is 87.2 Å². The molecule has 0 N–H and O–H groups in total. The first-order chi connectivity index (χ1) is 17.8. The zero-order valence-corrected chi connectivity index (χ0v) is 21.9. The lowest BCUT2D eigenvalue weighted by Gasteiger charge is -2.30. The molecule has 0 radical (unpaired) electrons. The molecular weight excluding hydrogens is 517 g/mol. The molecule has 5 rings (SSSR count). The second-order valence-electron chi connectivity index (χ2n) is 10.0. The van der Waals surface area contributed by atoms with Crippen LogP contribution in [-0.4, -0.2) is 64.8 Å². The summed E-state index contributed by atoms with van der Waals surface area (Å²) in [6.45, 7) is 0.969. The van der Waals surface area contributed by atoms with Gasteiger partial charge in [-0.3, -0.25) is 33.9 Å². The number of likely N-dealkylation sites (tertiary alicyclic amines) is 2. The first-order valence-electron chi connectivity index (χ1n) is 12.6. The van der Waals surface area contributed by atoms with E-state index in [9.17, 15) is 19.2 Å². The third-order valence-corrected chi connectivity index (χ3v) is 8.28. The summed E-state index contributed by atoms with van der Waals surface area (Å²) in [5.41, 5.74) is 1.02. The molecule has 0 saturated carbocycles. The Bertz CT molecular complexity index is 1090. The largest absolute Gasteiger partial charge is 0.375 e. The standard InChI is InChI=1S/C27H29Cl2N3O5/c28-18-6-8-20-22(12-18)26(35)31(24(20)33)15-30(10-11-37-14-17-4-2-1-3-5-17)16-32-25(34)21-9-7-19(29)13-23(21)27(32)36/h1-7,20-23H,8-16H2/t20-,21+,22+,23-. The minimum absolute atomic E-state index is 0.0254. The number of nitrogens with zero attached hydrogens (tertiary/aromatic N) is 3. The summed E-state index contributed by atoms with van der Waals surface area (Å²) in [6.07, 6.45) is 5.18. The molecule has 2 saturated heterocycles. The minimum atomic E-state index is -0.465. The van der Waals surface area contributed by atoms with E-state index in [-0.39, 0.29) is 37.0 Å². The Morgan fingerprint density at radius 1 is 0.757 bits per heavy atom. The summed E-state index contributed by atoms with van der Waals surface area (Å²) in [5.74, 6) is -2.78. The van der Waals surface area contributed by atoms with Gasteiger partial charge in [-0.2, -0.15) is 0 Å². The predicted octanol–water partition coefficient (Wildman–Crippen LogP) is 3.46. The molecule has 37 heavy (non-hydrogen) atoms. The van der Waals surface area contributed by atoms with E-state index >= 15 is 0 Å². The van der Waals surface area contributed by atoms with Crippen LogP contribution >= 0.6 is 23.2 Å². The highest BCUT2D eigenvalue weighted by atomic mass is 35.5. The maximum Gasteiger partial charge on any atom is 0.234 e. The van der Waals surface area contributed by atoms with Gasteiger partial charge in [0, 0.05) is 16.6 Å². The third kappa shape index (κ3) is 5.39. The lowest BCUT2D eigenvalue weighted by atomic mass is 9.85. The molecule has 1 aromatic carbocycles. The van der Waals surface area contributed by atoms with Crippen LogP contribution in [0.3, 0.4) is 0 Å². The fourth-order valence-electron chi connectivity index (χ4n) is 5.61. The molecule has 8 nitrogen and oxygen atoms in total. The molecule has 4 atom stereocenters. The van der Waals surface area contributed by atoms with Crippen LogP contribution in [0.15, 0.2) is 52.5 Å². The maximum atomic E-state index is 13.1. The van der Waals surface area contributed by atoms with Crippen molar-refractivity contribution in [1.29, 1.82) is 0 Å². The van der Waals surface area contributed by atoms with Gasteiger partial charge in [-0.25, -0.2) is 0 Å². The van der Waals surface area contributed by atoms with E-state index in [0.717, 1.165) is 5.56 Å². The Morgan fingerprint density at radius 3 is 1.76 bits per heavy atom. The van der Waals surface area contributed by atoms with Crippen molar-refractivity contribution in [2.45, 2.75) is 32.3 Å². The van der Waals surface area contributed by atoms with Crippen LogP contribution in [0.5, 0.6) is 0 Å². The highest BCUT2D eigenvalue weighted by molar-refractivity contribution is 6.30. The monoisotopic (exact) mass is 545 g/mol. The number of carbonyl (C=O) groups excluding carboxylic acids is 4. The average molecular weight is 546 g/mol. The van der Waals surface area contributed by atoms with Gasteiger partial charge in [0.25, 0.3) is 0 Å². The van der Waals surface area contributed by atoms with Crippen LogP contribution in [0.4, 0.5) is 0 Å². The summed E-state index contributed by atoms with van der Waals surface area (Å²) in [5, 5.41) is 1.19. The zero-order valence-electron chi connectivity index (χ0n) is 20.4. The molecule has 4 amide bonds. The molecule has 10 heteroatoms. The summed E-state index contributed by atoms with van der Waals surface area (Å²) in [7, 11) is 0. The van der Waals surface area contributed by atoms with Gasteiger partial charge >= 0.3 is 0 Å². The molecule has 0 unspecified atom stereocenters. The third-order valence-electron chi connectivity index (χ3n) is 7.67. The van der Waals surface area contributed by atoms with Gasteiger partial charge in [0.15, 0.2) is 0 Å². The Labute approximate surface area is 225 Å². The zero-order chi connectivity index (χ0) is 26.1. The van der Waals surface area contributed by atoms with Crippen molar-refractivity contribution >= 4 is 46.8 Å². The molecule has 2 heterocycles. The van der Waals surface area contributed by atoms with Crippen LogP contribution in [0, 0.1) is 23.7 Å². The van der Waals surface area contributed by atoms with Crippen molar-refractivity contribution in [2.75, 3.05) is 26.5 Å². The van der Waals surface area contributed by atoms with Crippen molar-refractivity contribution in [1.82, 2.24) is 14.7 Å². The van der Waals surface area contributed by atoms with E-state index < -0.39 is 23.7 Å². The van der Waals surface area contributed by atoms with Crippen molar-refractivity contribution in [3.8, 4) is 0 Å². The predicted molar refractivity (Wildman–Crippen MR) is 137 cm³/mol. The summed E-state index contributed by atoms with van der Waals surface area (Å²) in [6, 6.07) is 9.72. The summed E-state index contributed by atoms with van der Waals surface area (Å²) >= 11 is 12.3. The molecule has 0 spiro atoms. The number of carbonyl (C=O) groups is 4. The van der Waals surface area contributed by atoms with Crippen LogP contribution < -0.4 is 0 Å². The van der Waals surface area contributed by atoms with Crippen LogP contribution in [-0.2, 0) is 30.5 Å². The molecule has 2 aliphatic heterocycles. The lowest BCUT2D eigenvalue weighted by Crippen LogP contribution is -2.49. The van der Waals surface area contributed by atoms with Crippen molar-refractivity contribution in [3.05, 3.63) is 58.1 Å². The minimum Gasteiger partial charge on any atom is -0.375 e. The van der Waals surface area contributed by atoms with Gasteiger partial charge < -0.3 is 4.74 Å². The number of hydrogen-bond acceptors (Lipinski definition) is 6.